The third kappa shape index (κ3) is 1.61. The number of hydrogen-bond acceptors (Lipinski definition) is 8. The fourth-order valence-corrected chi connectivity index (χ4v) is 4.15. The smallest absolute Gasteiger partial charge is 0.400 e. The van der Waals surface area contributed by atoms with Crippen LogP contribution in [0.5, 0.6) is 0 Å². The number of hydrogen-bond donors (Lipinski definition) is 0. The minimum Gasteiger partial charge on any atom is -0.400 e. The van der Waals surface area contributed by atoms with Gasteiger partial charge >= 0.3 is 17.8 Å². The molecule has 106 valence electrons. The van der Waals surface area contributed by atoms with Gasteiger partial charge in [0.1, 0.15) is 0 Å². The monoisotopic (exact) mass is 315 g/mol. The standard InChI is InChI=1S/C11H10ClN3O4S/c12-8-7(13-20-14-8)6-4-15-3-5(6)1-2-11(15)18-9(16)10(17)19-11/h5-6H,1-4H2. The lowest BCUT2D eigenvalue weighted by molar-refractivity contribution is -0.257. The van der Waals surface area contributed by atoms with Crippen LogP contribution in [0.4, 0.5) is 0 Å². The summed E-state index contributed by atoms with van der Waals surface area (Å²) in [5.74, 6) is -2.55. The van der Waals surface area contributed by atoms with Crippen LogP contribution in [0.2, 0.25) is 5.15 Å². The zero-order chi connectivity index (χ0) is 13.9. The highest BCUT2D eigenvalue weighted by Gasteiger charge is 2.59. The quantitative estimate of drug-likeness (QED) is 0.559. The van der Waals surface area contributed by atoms with Gasteiger partial charge in [-0.1, -0.05) is 11.6 Å². The Morgan fingerprint density at radius 1 is 1.25 bits per heavy atom. The van der Waals surface area contributed by atoms with E-state index in [0.717, 1.165) is 23.8 Å². The van der Waals surface area contributed by atoms with Gasteiger partial charge in [-0.25, -0.2) is 14.5 Å². The van der Waals surface area contributed by atoms with Crippen molar-refractivity contribution in [3.8, 4) is 0 Å². The second kappa shape index (κ2) is 4.12. The molecule has 0 radical (unpaired) electrons. The molecule has 0 amide bonds. The van der Waals surface area contributed by atoms with Gasteiger partial charge in [-0.15, -0.1) is 0 Å². The molecule has 3 atom stereocenters. The Balaban J connectivity index is 1.63. The number of piperidine rings is 1. The molecule has 3 aliphatic rings. The summed E-state index contributed by atoms with van der Waals surface area (Å²) in [6, 6.07) is 0. The molecule has 4 rings (SSSR count). The summed E-state index contributed by atoms with van der Waals surface area (Å²) in [6.07, 6.45) is 1.27. The van der Waals surface area contributed by atoms with Crippen molar-refractivity contribution < 1.29 is 19.1 Å². The Hall–Kier alpha value is -1.25. The Kier molecular flexibility index (Phi) is 2.57. The summed E-state index contributed by atoms with van der Waals surface area (Å²) in [4.78, 5) is 24.5. The van der Waals surface area contributed by atoms with Gasteiger partial charge in [-0.3, -0.25) is 0 Å². The normalized spacial score (nSPS) is 34.4. The number of fused-ring (bicyclic) bond motifs is 3. The van der Waals surface area contributed by atoms with E-state index in [1.54, 1.807) is 0 Å². The number of nitrogens with zero attached hydrogens (tertiary/aromatic N) is 3. The van der Waals surface area contributed by atoms with E-state index >= 15 is 0 Å². The van der Waals surface area contributed by atoms with Crippen LogP contribution in [0.15, 0.2) is 0 Å². The second-order valence-electron chi connectivity index (χ2n) is 5.24. The summed E-state index contributed by atoms with van der Waals surface area (Å²) in [6.45, 7) is 1.29. The first kappa shape index (κ1) is 12.5. The molecule has 1 spiro atoms. The number of carbonyl (C=O) groups is 2. The SMILES string of the molecule is O=C1OC2(CCC3CN2CC3c2nsnc2Cl)OC1=O. The van der Waals surface area contributed by atoms with Gasteiger partial charge in [-0.2, -0.15) is 8.75 Å². The van der Waals surface area contributed by atoms with E-state index in [2.05, 4.69) is 8.75 Å². The molecular weight excluding hydrogens is 306 g/mol. The highest BCUT2D eigenvalue weighted by molar-refractivity contribution is 6.99. The van der Waals surface area contributed by atoms with Gasteiger partial charge in [0.2, 0.25) is 0 Å². The lowest BCUT2D eigenvalue weighted by Gasteiger charge is -2.37. The minimum atomic E-state index is -1.21. The number of carbonyl (C=O) groups excluding carboxylic acids is 2. The molecular formula is C11H10ClN3O4S. The summed E-state index contributed by atoms with van der Waals surface area (Å²) in [5.41, 5.74) is 0.789. The van der Waals surface area contributed by atoms with E-state index in [4.69, 9.17) is 21.1 Å². The van der Waals surface area contributed by atoms with E-state index in [1.807, 2.05) is 4.90 Å². The molecule has 0 aromatic carbocycles. The Morgan fingerprint density at radius 2 is 2.00 bits per heavy atom. The average Bonchev–Trinajstić information content (AvgIpc) is 3.05. The van der Waals surface area contributed by atoms with Crippen molar-refractivity contribution in [3.63, 3.8) is 0 Å². The third-order valence-corrected chi connectivity index (χ3v) is 5.17. The van der Waals surface area contributed by atoms with Crippen LogP contribution >= 0.6 is 23.3 Å². The van der Waals surface area contributed by atoms with Gasteiger partial charge in [0.15, 0.2) is 5.15 Å². The van der Waals surface area contributed by atoms with Crippen molar-refractivity contribution in [2.45, 2.75) is 24.7 Å². The van der Waals surface area contributed by atoms with Crippen molar-refractivity contribution in [3.05, 3.63) is 10.8 Å². The lowest BCUT2D eigenvalue weighted by Crippen LogP contribution is -2.51. The van der Waals surface area contributed by atoms with Crippen LogP contribution in [0, 0.1) is 5.92 Å². The fourth-order valence-electron chi connectivity index (χ4n) is 3.31. The van der Waals surface area contributed by atoms with E-state index in [-0.39, 0.29) is 5.92 Å². The summed E-state index contributed by atoms with van der Waals surface area (Å²) in [7, 11) is 0. The first-order valence-corrected chi connectivity index (χ1v) is 7.39. The van der Waals surface area contributed by atoms with Crippen molar-refractivity contribution >= 4 is 35.3 Å². The molecule has 1 aromatic heterocycles. The number of halogens is 1. The summed E-state index contributed by atoms with van der Waals surface area (Å²) >= 11 is 7.15. The molecule has 2 bridgehead atoms. The summed E-state index contributed by atoms with van der Waals surface area (Å²) < 4.78 is 18.6. The van der Waals surface area contributed by atoms with Gasteiger partial charge in [-0.05, 0) is 12.3 Å². The molecule has 3 unspecified atom stereocenters. The molecule has 3 saturated heterocycles. The molecule has 0 aliphatic carbocycles. The minimum absolute atomic E-state index is 0.138. The zero-order valence-electron chi connectivity index (χ0n) is 10.2. The molecule has 0 saturated carbocycles. The molecule has 3 fully saturated rings. The Morgan fingerprint density at radius 3 is 2.65 bits per heavy atom. The maximum absolute atomic E-state index is 11.3. The van der Waals surface area contributed by atoms with E-state index in [1.165, 1.54) is 0 Å². The molecule has 9 heteroatoms. The van der Waals surface area contributed by atoms with Crippen molar-refractivity contribution in [2.75, 3.05) is 13.1 Å². The number of rotatable bonds is 1. The Labute approximate surface area is 123 Å². The Bertz CT molecular complexity index is 590. The van der Waals surface area contributed by atoms with Gasteiger partial charge in [0.05, 0.1) is 17.4 Å². The van der Waals surface area contributed by atoms with Crippen molar-refractivity contribution in [1.29, 1.82) is 0 Å². The topological polar surface area (TPSA) is 81.6 Å². The lowest BCUT2D eigenvalue weighted by atomic mass is 9.88. The predicted molar refractivity (Wildman–Crippen MR) is 66.9 cm³/mol. The first-order valence-electron chi connectivity index (χ1n) is 6.28. The van der Waals surface area contributed by atoms with Crippen LogP contribution in [0.1, 0.15) is 24.5 Å². The van der Waals surface area contributed by atoms with E-state index < -0.39 is 17.8 Å². The summed E-state index contributed by atoms with van der Waals surface area (Å²) in [5, 5.41) is 0.434. The molecule has 4 heterocycles. The number of aromatic nitrogens is 2. The zero-order valence-corrected chi connectivity index (χ0v) is 11.8. The van der Waals surface area contributed by atoms with Crippen LogP contribution in [-0.2, 0) is 19.1 Å². The van der Waals surface area contributed by atoms with Gasteiger partial charge < -0.3 is 9.47 Å². The van der Waals surface area contributed by atoms with Crippen LogP contribution in [-0.4, -0.2) is 44.6 Å². The van der Waals surface area contributed by atoms with Crippen LogP contribution in [0.25, 0.3) is 0 Å². The molecule has 20 heavy (non-hydrogen) atoms. The first-order chi connectivity index (χ1) is 9.59. The highest BCUT2D eigenvalue weighted by atomic mass is 35.5. The molecule has 3 aliphatic heterocycles. The largest absolute Gasteiger partial charge is 0.421 e. The highest BCUT2D eigenvalue weighted by Crippen LogP contribution is 2.48. The van der Waals surface area contributed by atoms with Crippen molar-refractivity contribution in [1.82, 2.24) is 13.6 Å². The second-order valence-corrected chi connectivity index (χ2v) is 6.13. The maximum atomic E-state index is 11.3. The van der Waals surface area contributed by atoms with E-state index in [9.17, 15) is 9.59 Å². The molecule has 7 nitrogen and oxygen atoms in total. The predicted octanol–water partition coefficient (Wildman–Crippen LogP) is 0.755. The van der Waals surface area contributed by atoms with Crippen molar-refractivity contribution in [2.24, 2.45) is 5.92 Å². The van der Waals surface area contributed by atoms with Crippen LogP contribution < -0.4 is 0 Å². The number of ether oxygens (including phenoxy) is 2. The van der Waals surface area contributed by atoms with E-state index in [0.29, 0.717) is 30.6 Å². The van der Waals surface area contributed by atoms with Gasteiger partial charge in [0.25, 0.3) is 0 Å². The fraction of sp³-hybridized carbons (Fsp3) is 0.636. The van der Waals surface area contributed by atoms with Gasteiger partial charge in [0, 0.05) is 25.4 Å². The average molecular weight is 316 g/mol. The maximum Gasteiger partial charge on any atom is 0.421 e. The molecule has 0 N–H and O–H groups in total. The molecule has 1 aromatic rings. The third-order valence-electron chi connectivity index (χ3n) is 4.25. The number of esters is 2. The van der Waals surface area contributed by atoms with Crippen LogP contribution in [0.3, 0.4) is 0 Å².